The first-order valence-corrected chi connectivity index (χ1v) is 14.9. The molecule has 226 valence electrons. The number of hydrazone groups is 1. The molecule has 1 heterocycles. The molecule has 0 aliphatic carbocycles. The minimum atomic E-state index is -4.01. The highest BCUT2D eigenvalue weighted by molar-refractivity contribution is 7.89. The molecule has 43 heavy (non-hydrogen) atoms. The molecule has 13 nitrogen and oxygen atoms in total. The number of nitrogens with one attached hydrogen (secondary N) is 3. The highest BCUT2D eigenvalue weighted by Gasteiger charge is 2.38. The summed E-state index contributed by atoms with van der Waals surface area (Å²) in [4.78, 5) is 43.0. The van der Waals surface area contributed by atoms with Gasteiger partial charge in [0.05, 0.1) is 4.90 Å². The van der Waals surface area contributed by atoms with Gasteiger partial charge in [0.2, 0.25) is 17.8 Å². The maximum Gasteiger partial charge on any atom is 0.408 e. The average molecular weight is 608 g/mol. The molecular formula is C29H33N7O6S. The van der Waals surface area contributed by atoms with Crippen LogP contribution in [-0.2, 0) is 37.4 Å². The normalized spacial score (nSPS) is 15.2. The number of sulfonamides is 1. The van der Waals surface area contributed by atoms with Crippen molar-refractivity contribution in [1.82, 2.24) is 15.0 Å². The second-order valence-corrected chi connectivity index (χ2v) is 11.4. The largest absolute Gasteiger partial charge is 0.445 e. The van der Waals surface area contributed by atoms with Crippen LogP contribution in [0.1, 0.15) is 24.0 Å². The number of carbonyl (C=O) groups is 3. The number of rotatable bonds is 11. The van der Waals surface area contributed by atoms with Gasteiger partial charge in [-0.25, -0.2) is 4.79 Å². The monoisotopic (exact) mass is 607 g/mol. The lowest BCUT2D eigenvalue weighted by atomic mass is 10.0. The Bertz CT molecular complexity index is 1550. The highest BCUT2D eigenvalue weighted by atomic mass is 32.2. The number of likely N-dealkylation sites (tertiary alicyclic amines) is 1. The van der Waals surface area contributed by atoms with E-state index in [4.69, 9.17) is 16.2 Å². The van der Waals surface area contributed by atoms with E-state index in [2.05, 4.69) is 15.7 Å². The molecule has 0 saturated carbocycles. The van der Waals surface area contributed by atoms with Crippen molar-refractivity contribution in [2.24, 2.45) is 16.6 Å². The smallest absolute Gasteiger partial charge is 0.408 e. The van der Waals surface area contributed by atoms with E-state index in [9.17, 15) is 22.8 Å². The predicted molar refractivity (Wildman–Crippen MR) is 160 cm³/mol. The topological polar surface area (TPSA) is 198 Å². The Morgan fingerprint density at radius 3 is 2.19 bits per heavy atom. The third-order valence-electron chi connectivity index (χ3n) is 6.65. The highest BCUT2D eigenvalue weighted by Crippen LogP contribution is 2.22. The van der Waals surface area contributed by atoms with Crippen LogP contribution in [0.5, 0.6) is 0 Å². The summed E-state index contributed by atoms with van der Waals surface area (Å²) >= 11 is 0. The van der Waals surface area contributed by atoms with Gasteiger partial charge in [0.25, 0.3) is 10.0 Å². The summed E-state index contributed by atoms with van der Waals surface area (Å²) in [6.45, 7) is 0.370. The first-order valence-electron chi connectivity index (χ1n) is 13.5. The molecule has 3 aromatic carbocycles. The van der Waals surface area contributed by atoms with Gasteiger partial charge in [-0.2, -0.15) is 13.2 Å². The van der Waals surface area contributed by atoms with Crippen LogP contribution in [0.4, 0.5) is 10.5 Å². The number of carbonyl (C=O) groups excluding carboxylic acids is 3. The first kappa shape index (κ1) is 30.8. The fourth-order valence-corrected chi connectivity index (χ4v) is 5.39. The number of ether oxygens (including phenoxy) is 1. The van der Waals surface area contributed by atoms with Gasteiger partial charge in [-0.05, 0) is 48.2 Å². The van der Waals surface area contributed by atoms with Crippen molar-refractivity contribution in [3.05, 3.63) is 96.1 Å². The van der Waals surface area contributed by atoms with E-state index in [1.807, 2.05) is 65.5 Å². The Hall–Kier alpha value is -5.11. The number of amides is 3. The molecule has 1 fully saturated rings. The molecule has 1 aliphatic heterocycles. The zero-order chi connectivity index (χ0) is 30.8. The van der Waals surface area contributed by atoms with Gasteiger partial charge in [-0.1, -0.05) is 60.7 Å². The number of nitrogens with zero attached hydrogens (tertiary/aromatic N) is 2. The number of hydrogen-bond donors (Lipinski definition) is 5. The summed E-state index contributed by atoms with van der Waals surface area (Å²) in [5.74, 6) is -1.30. The van der Waals surface area contributed by atoms with Gasteiger partial charge < -0.3 is 31.7 Å². The SMILES string of the molecule is NC(N)=NNS(=O)(=O)c1ccc(NC(=O)C2CCCN2C(=O)[C@H](Cc2ccccc2)NC(=O)OCc2ccccc2)cc1. The number of anilines is 1. The average Bonchev–Trinajstić information content (AvgIpc) is 3.50. The maximum absolute atomic E-state index is 13.8. The van der Waals surface area contributed by atoms with Crippen LogP contribution >= 0.6 is 0 Å². The maximum atomic E-state index is 13.8. The van der Waals surface area contributed by atoms with E-state index >= 15 is 0 Å². The van der Waals surface area contributed by atoms with Crippen LogP contribution in [0.25, 0.3) is 0 Å². The van der Waals surface area contributed by atoms with Gasteiger partial charge >= 0.3 is 6.09 Å². The quantitative estimate of drug-likeness (QED) is 0.123. The Balaban J connectivity index is 1.43. The van der Waals surface area contributed by atoms with Crippen molar-refractivity contribution in [2.75, 3.05) is 11.9 Å². The number of hydrogen-bond acceptors (Lipinski definition) is 7. The molecule has 3 amide bonds. The van der Waals surface area contributed by atoms with Crippen molar-refractivity contribution >= 4 is 39.6 Å². The molecule has 4 rings (SSSR count). The number of benzene rings is 3. The van der Waals surface area contributed by atoms with Crippen molar-refractivity contribution in [3.8, 4) is 0 Å². The van der Waals surface area contributed by atoms with Crippen LogP contribution in [0.3, 0.4) is 0 Å². The summed E-state index contributed by atoms with van der Waals surface area (Å²) in [6, 6.07) is 22.0. The van der Waals surface area contributed by atoms with Crippen molar-refractivity contribution < 1.29 is 27.5 Å². The second-order valence-electron chi connectivity index (χ2n) is 9.78. The van der Waals surface area contributed by atoms with Crippen LogP contribution in [0.2, 0.25) is 0 Å². The molecule has 1 aliphatic rings. The Morgan fingerprint density at radius 1 is 0.930 bits per heavy atom. The molecule has 0 radical (unpaired) electrons. The van der Waals surface area contributed by atoms with Crippen molar-refractivity contribution in [2.45, 2.75) is 42.8 Å². The Labute approximate surface area is 249 Å². The zero-order valence-electron chi connectivity index (χ0n) is 23.2. The standard InChI is InChI=1S/C29H33N7O6S/c30-28(31)34-35-43(40,41)23-15-13-22(14-16-23)32-26(37)25-12-7-17-36(25)27(38)24(18-20-8-3-1-4-9-20)33-29(39)42-19-21-10-5-2-6-11-21/h1-6,8-11,13-16,24-25,35H,7,12,17-19H2,(H,32,37)(H,33,39)(H4,30,31,34)/t24-,25?/m0/s1. The van der Waals surface area contributed by atoms with Crippen LogP contribution in [0.15, 0.2) is 94.9 Å². The summed E-state index contributed by atoms with van der Waals surface area (Å²) < 4.78 is 29.9. The summed E-state index contributed by atoms with van der Waals surface area (Å²) in [7, 11) is -4.01. The number of nitrogens with two attached hydrogens (primary N) is 2. The zero-order valence-corrected chi connectivity index (χ0v) is 24.0. The second kappa shape index (κ2) is 14.2. The molecule has 1 unspecified atom stereocenters. The van der Waals surface area contributed by atoms with E-state index in [0.717, 1.165) is 11.1 Å². The van der Waals surface area contributed by atoms with E-state index in [-0.39, 0.29) is 17.9 Å². The molecule has 0 spiro atoms. The Kier molecular flexibility index (Phi) is 10.2. The lowest BCUT2D eigenvalue weighted by molar-refractivity contribution is -0.138. The summed E-state index contributed by atoms with van der Waals surface area (Å²) in [5.41, 5.74) is 12.3. The molecule has 3 aromatic rings. The molecule has 2 atom stereocenters. The molecule has 1 saturated heterocycles. The number of alkyl carbamates (subject to hydrolysis) is 1. The molecular weight excluding hydrogens is 574 g/mol. The fourth-order valence-electron chi connectivity index (χ4n) is 4.57. The van der Waals surface area contributed by atoms with Gasteiger partial charge in [0.15, 0.2) is 0 Å². The lowest BCUT2D eigenvalue weighted by Gasteiger charge is -2.28. The lowest BCUT2D eigenvalue weighted by Crippen LogP contribution is -2.53. The van der Waals surface area contributed by atoms with Crippen LogP contribution < -0.4 is 26.9 Å². The summed E-state index contributed by atoms with van der Waals surface area (Å²) in [5, 5.41) is 8.72. The predicted octanol–water partition coefficient (Wildman–Crippen LogP) is 1.62. The van der Waals surface area contributed by atoms with E-state index in [1.165, 1.54) is 29.2 Å². The minimum Gasteiger partial charge on any atom is -0.445 e. The van der Waals surface area contributed by atoms with Crippen molar-refractivity contribution in [3.63, 3.8) is 0 Å². The Morgan fingerprint density at radius 2 is 1.56 bits per heavy atom. The van der Waals surface area contributed by atoms with E-state index < -0.39 is 46.0 Å². The molecule has 14 heteroatoms. The van der Waals surface area contributed by atoms with E-state index in [0.29, 0.717) is 25.1 Å². The molecule has 0 aromatic heterocycles. The molecule has 7 N–H and O–H groups in total. The van der Waals surface area contributed by atoms with Crippen LogP contribution in [-0.4, -0.2) is 55.8 Å². The summed E-state index contributed by atoms with van der Waals surface area (Å²) in [6.07, 6.45) is 0.467. The van der Waals surface area contributed by atoms with Gasteiger partial charge in [-0.3, -0.25) is 9.59 Å². The third kappa shape index (κ3) is 8.69. The first-order chi connectivity index (χ1) is 20.6. The van der Waals surface area contributed by atoms with Gasteiger partial charge in [-0.15, -0.1) is 5.10 Å². The molecule has 0 bridgehead atoms. The van der Waals surface area contributed by atoms with Gasteiger partial charge in [0, 0.05) is 18.7 Å². The minimum absolute atomic E-state index is 0.0398. The van der Waals surface area contributed by atoms with Crippen LogP contribution in [0, 0.1) is 0 Å². The van der Waals surface area contributed by atoms with Crippen molar-refractivity contribution in [1.29, 1.82) is 0 Å². The fraction of sp³-hybridized carbons (Fsp3) is 0.241. The van der Waals surface area contributed by atoms with Gasteiger partial charge in [0.1, 0.15) is 18.7 Å². The number of guanidine groups is 1. The van der Waals surface area contributed by atoms with E-state index in [1.54, 1.807) is 0 Å². The third-order valence-corrected chi connectivity index (χ3v) is 7.88.